The van der Waals surface area contributed by atoms with E-state index in [0.29, 0.717) is 23.4 Å². The van der Waals surface area contributed by atoms with Gasteiger partial charge in [-0.3, -0.25) is 9.52 Å². The zero-order valence-corrected chi connectivity index (χ0v) is 18.0. The lowest BCUT2D eigenvalue weighted by Gasteiger charge is -2.11. The number of pyridine rings is 1. The second kappa shape index (κ2) is 9.82. The number of sulfonamides is 1. The molecule has 0 atom stereocenters. The first-order valence-electron chi connectivity index (χ1n) is 9.24. The van der Waals surface area contributed by atoms with E-state index in [0.717, 1.165) is 17.9 Å². The quantitative estimate of drug-likeness (QED) is 0.528. The molecule has 7 nitrogen and oxygen atoms in total. The van der Waals surface area contributed by atoms with Crippen molar-refractivity contribution >= 4 is 33.5 Å². The largest absolute Gasteiger partial charge is 0.433 e. The van der Waals surface area contributed by atoms with E-state index in [1.165, 1.54) is 18.2 Å². The van der Waals surface area contributed by atoms with Gasteiger partial charge in [-0.1, -0.05) is 12.1 Å². The van der Waals surface area contributed by atoms with Crippen LogP contribution in [0, 0.1) is 6.92 Å². The molecule has 2 rings (SSSR count). The van der Waals surface area contributed by atoms with Gasteiger partial charge in [0.1, 0.15) is 11.5 Å². The van der Waals surface area contributed by atoms with Crippen LogP contribution in [0.15, 0.2) is 36.4 Å². The molecule has 1 aromatic heterocycles. The highest BCUT2D eigenvalue weighted by atomic mass is 32.2. The van der Waals surface area contributed by atoms with Crippen molar-refractivity contribution in [3.05, 3.63) is 58.8 Å². The number of hydrogen-bond donors (Lipinski definition) is 3. The number of halogens is 3. The lowest BCUT2D eigenvalue weighted by molar-refractivity contribution is -0.141. The third-order valence-corrected chi connectivity index (χ3v) is 4.62. The fourth-order valence-corrected chi connectivity index (χ4v) is 3.26. The van der Waals surface area contributed by atoms with Crippen LogP contribution in [0.2, 0.25) is 0 Å². The van der Waals surface area contributed by atoms with E-state index >= 15 is 0 Å². The van der Waals surface area contributed by atoms with Gasteiger partial charge in [0.15, 0.2) is 0 Å². The molecule has 0 fully saturated rings. The predicted octanol–water partition coefficient (Wildman–Crippen LogP) is 3.54. The van der Waals surface area contributed by atoms with Gasteiger partial charge in [0.25, 0.3) is 0 Å². The van der Waals surface area contributed by atoms with Crippen molar-refractivity contribution < 1.29 is 26.4 Å². The maximum atomic E-state index is 12.8. The maximum Gasteiger partial charge on any atom is 0.433 e. The molecule has 0 aliphatic rings. The zero-order chi connectivity index (χ0) is 23.2. The van der Waals surface area contributed by atoms with Gasteiger partial charge in [0.2, 0.25) is 15.9 Å². The Labute approximate surface area is 178 Å². The molecule has 0 spiro atoms. The summed E-state index contributed by atoms with van der Waals surface area (Å²) >= 11 is 0. The fourth-order valence-electron chi connectivity index (χ4n) is 2.63. The summed E-state index contributed by atoms with van der Waals surface area (Å²) in [5, 5.41) is 5.42. The van der Waals surface area contributed by atoms with Crippen LogP contribution in [0.4, 0.5) is 24.7 Å². The molecule has 0 radical (unpaired) electrons. The molecular formula is C20H23F3N4O3S. The first-order valence-corrected chi connectivity index (χ1v) is 11.1. The number of amides is 1. The number of carbonyl (C=O) groups is 1. The maximum absolute atomic E-state index is 12.8. The summed E-state index contributed by atoms with van der Waals surface area (Å²) < 4.78 is 63.6. The summed E-state index contributed by atoms with van der Waals surface area (Å²) in [4.78, 5) is 15.7. The van der Waals surface area contributed by atoms with E-state index in [9.17, 15) is 26.4 Å². The third kappa shape index (κ3) is 7.59. The fraction of sp³-hybridized carbons (Fsp3) is 0.300. The van der Waals surface area contributed by atoms with Gasteiger partial charge in [0.05, 0.1) is 11.9 Å². The van der Waals surface area contributed by atoms with E-state index in [-0.39, 0.29) is 12.4 Å². The van der Waals surface area contributed by atoms with E-state index in [1.807, 2.05) is 0 Å². The molecule has 0 saturated carbocycles. The highest BCUT2D eigenvalue weighted by Gasteiger charge is 2.32. The average Bonchev–Trinajstić information content (AvgIpc) is 2.65. The molecule has 31 heavy (non-hydrogen) atoms. The van der Waals surface area contributed by atoms with E-state index in [1.54, 1.807) is 32.0 Å². The SMILES string of the molecule is CCNc1nc(C(F)(F)F)ccc1C=CC(=O)NCc1ccc(NS(C)(=O)=O)c(C)c1. The van der Waals surface area contributed by atoms with E-state index in [2.05, 4.69) is 20.3 Å². The minimum Gasteiger partial charge on any atom is -0.370 e. The summed E-state index contributed by atoms with van der Waals surface area (Å²) in [6.45, 7) is 4.01. The summed E-state index contributed by atoms with van der Waals surface area (Å²) in [5.41, 5.74) is 1.22. The molecule has 0 unspecified atom stereocenters. The minimum atomic E-state index is -4.56. The number of benzene rings is 1. The number of nitrogens with zero attached hydrogens (tertiary/aromatic N) is 1. The Hall–Kier alpha value is -3.08. The van der Waals surface area contributed by atoms with Crippen molar-refractivity contribution in [2.24, 2.45) is 0 Å². The zero-order valence-electron chi connectivity index (χ0n) is 17.2. The van der Waals surface area contributed by atoms with Crippen LogP contribution in [0.5, 0.6) is 0 Å². The van der Waals surface area contributed by atoms with Crippen molar-refractivity contribution in [1.29, 1.82) is 0 Å². The Morgan fingerprint density at radius 2 is 1.90 bits per heavy atom. The van der Waals surface area contributed by atoms with E-state index in [4.69, 9.17) is 0 Å². The van der Waals surface area contributed by atoms with Crippen LogP contribution < -0.4 is 15.4 Å². The normalized spacial score (nSPS) is 12.1. The molecule has 1 heterocycles. The Morgan fingerprint density at radius 3 is 2.48 bits per heavy atom. The van der Waals surface area contributed by atoms with Gasteiger partial charge in [-0.2, -0.15) is 13.2 Å². The van der Waals surface area contributed by atoms with Crippen LogP contribution in [0.1, 0.15) is 29.3 Å². The van der Waals surface area contributed by atoms with Crippen LogP contribution in [0.25, 0.3) is 6.08 Å². The van der Waals surface area contributed by atoms with Crippen LogP contribution >= 0.6 is 0 Å². The Balaban J connectivity index is 2.05. The van der Waals surface area contributed by atoms with Crippen LogP contribution in [-0.4, -0.2) is 32.1 Å². The highest BCUT2D eigenvalue weighted by Crippen LogP contribution is 2.29. The average molecular weight is 456 g/mol. The standard InChI is InChI=1S/C20H23F3N4O3S/c1-4-24-19-15(6-9-17(26-19)20(21,22)23)7-10-18(28)25-12-14-5-8-16(13(2)11-14)27-31(3,29)30/h5-11,27H,4,12H2,1-3H3,(H,24,26)(H,25,28). The molecule has 0 aliphatic carbocycles. The summed E-state index contributed by atoms with van der Waals surface area (Å²) in [6, 6.07) is 7.11. The van der Waals surface area contributed by atoms with Crippen molar-refractivity contribution in [2.45, 2.75) is 26.6 Å². The molecule has 1 amide bonds. The van der Waals surface area contributed by atoms with Crippen molar-refractivity contribution in [1.82, 2.24) is 10.3 Å². The number of alkyl halides is 3. The number of nitrogens with one attached hydrogen (secondary N) is 3. The first kappa shape index (κ1) is 24.2. The molecule has 0 saturated heterocycles. The van der Waals surface area contributed by atoms with Gasteiger partial charge in [-0.15, -0.1) is 0 Å². The monoisotopic (exact) mass is 456 g/mol. The van der Waals surface area contributed by atoms with Gasteiger partial charge in [0, 0.05) is 24.7 Å². The molecule has 0 aliphatic heterocycles. The molecule has 0 bridgehead atoms. The smallest absolute Gasteiger partial charge is 0.370 e. The van der Waals surface area contributed by atoms with Gasteiger partial charge in [-0.25, -0.2) is 13.4 Å². The Bertz CT molecular complexity index is 1080. The Kier molecular flexibility index (Phi) is 7.66. The molecule has 1 aromatic carbocycles. The van der Waals surface area contributed by atoms with Gasteiger partial charge in [-0.05, 0) is 49.2 Å². The van der Waals surface area contributed by atoms with Crippen LogP contribution in [0.3, 0.4) is 0 Å². The Morgan fingerprint density at radius 1 is 1.19 bits per heavy atom. The summed E-state index contributed by atoms with van der Waals surface area (Å²) in [7, 11) is -3.39. The lowest BCUT2D eigenvalue weighted by Crippen LogP contribution is -2.20. The first-order chi connectivity index (χ1) is 14.4. The van der Waals surface area contributed by atoms with Gasteiger partial charge >= 0.3 is 6.18 Å². The number of hydrogen-bond acceptors (Lipinski definition) is 5. The van der Waals surface area contributed by atoms with Crippen molar-refractivity contribution in [3.63, 3.8) is 0 Å². The second-order valence-electron chi connectivity index (χ2n) is 6.74. The third-order valence-electron chi connectivity index (χ3n) is 4.03. The number of rotatable bonds is 8. The lowest BCUT2D eigenvalue weighted by atomic mass is 10.1. The van der Waals surface area contributed by atoms with E-state index < -0.39 is 27.8 Å². The number of carbonyl (C=O) groups excluding carboxylic acids is 1. The van der Waals surface area contributed by atoms with Crippen molar-refractivity contribution in [2.75, 3.05) is 22.8 Å². The topological polar surface area (TPSA) is 100 Å². The minimum absolute atomic E-state index is 0.0333. The molecule has 11 heteroatoms. The summed E-state index contributed by atoms with van der Waals surface area (Å²) in [6.07, 6.45) is -0.919. The van der Waals surface area contributed by atoms with Gasteiger partial charge < -0.3 is 10.6 Å². The molecule has 3 N–H and O–H groups in total. The second-order valence-corrected chi connectivity index (χ2v) is 8.49. The predicted molar refractivity (Wildman–Crippen MR) is 114 cm³/mol. The number of aromatic nitrogens is 1. The highest BCUT2D eigenvalue weighted by molar-refractivity contribution is 7.92. The van der Waals surface area contributed by atoms with Crippen molar-refractivity contribution in [3.8, 4) is 0 Å². The molecule has 168 valence electrons. The number of aryl methyl sites for hydroxylation is 1. The summed E-state index contributed by atoms with van der Waals surface area (Å²) in [5.74, 6) is -0.413. The molecule has 2 aromatic rings. The van der Waals surface area contributed by atoms with Crippen LogP contribution in [-0.2, 0) is 27.5 Å². The molecular weight excluding hydrogens is 433 g/mol. The number of anilines is 2.